The quantitative estimate of drug-likeness (QED) is 0.789. The van der Waals surface area contributed by atoms with Gasteiger partial charge in [-0.2, -0.15) is 4.98 Å². The molecule has 0 radical (unpaired) electrons. The number of aryl methyl sites for hydroxylation is 1. The summed E-state index contributed by atoms with van der Waals surface area (Å²) in [7, 11) is 0. The fraction of sp³-hybridized carbons (Fsp3) is 0.294. The lowest BCUT2D eigenvalue weighted by Gasteiger charge is -2.11. The van der Waals surface area contributed by atoms with Gasteiger partial charge in [-0.05, 0) is 32.9 Å². The molecule has 2 aromatic rings. The van der Waals surface area contributed by atoms with E-state index in [0.29, 0.717) is 12.5 Å². The minimum absolute atomic E-state index is 0.617. The monoisotopic (exact) mass is 282 g/mol. The number of aromatic nitrogens is 2. The van der Waals surface area contributed by atoms with Gasteiger partial charge in [0.25, 0.3) is 0 Å². The lowest BCUT2D eigenvalue weighted by molar-refractivity contribution is 1.13. The van der Waals surface area contributed by atoms with Gasteiger partial charge in [-0.25, -0.2) is 4.98 Å². The maximum absolute atomic E-state index is 4.57. The van der Waals surface area contributed by atoms with Crippen molar-refractivity contribution in [2.75, 3.05) is 23.7 Å². The van der Waals surface area contributed by atoms with Gasteiger partial charge in [-0.15, -0.1) is 6.58 Å². The standard InChI is InChI=1S/C17H22N4/c1-5-9-19-17-20-15-7-6-13(4)11-14(15)16(21-17)18-10-8-12(2)3/h5-8,11H,1,9-10H2,2-4H3,(H2,18,19,20,21). The summed E-state index contributed by atoms with van der Waals surface area (Å²) in [6.07, 6.45) is 3.93. The Morgan fingerprint density at radius 2 is 2.00 bits per heavy atom. The highest BCUT2D eigenvalue weighted by atomic mass is 15.1. The maximum atomic E-state index is 4.57. The number of hydrogen-bond donors (Lipinski definition) is 2. The Hall–Kier alpha value is -2.36. The van der Waals surface area contributed by atoms with Gasteiger partial charge in [-0.1, -0.05) is 29.4 Å². The molecule has 0 spiro atoms. The summed E-state index contributed by atoms with van der Waals surface area (Å²) in [5.41, 5.74) is 3.41. The van der Waals surface area contributed by atoms with Crippen LogP contribution in [0.15, 0.2) is 42.5 Å². The van der Waals surface area contributed by atoms with Crippen LogP contribution in [0.4, 0.5) is 11.8 Å². The Labute approximate surface area is 126 Å². The normalized spacial score (nSPS) is 10.2. The Balaban J connectivity index is 2.39. The zero-order valence-corrected chi connectivity index (χ0v) is 12.9. The van der Waals surface area contributed by atoms with E-state index in [-0.39, 0.29) is 0 Å². The molecule has 110 valence electrons. The minimum atomic E-state index is 0.617. The van der Waals surface area contributed by atoms with Crippen LogP contribution in [0.5, 0.6) is 0 Å². The molecule has 4 heteroatoms. The summed E-state index contributed by atoms with van der Waals surface area (Å²) in [4.78, 5) is 9.10. The zero-order chi connectivity index (χ0) is 15.2. The molecular weight excluding hydrogens is 260 g/mol. The number of nitrogens with zero attached hydrogens (tertiary/aromatic N) is 2. The molecule has 0 fully saturated rings. The Morgan fingerprint density at radius 1 is 1.19 bits per heavy atom. The highest BCUT2D eigenvalue weighted by molar-refractivity contribution is 5.90. The predicted octanol–water partition coefficient (Wildman–Crippen LogP) is 3.91. The molecule has 0 atom stereocenters. The first kappa shape index (κ1) is 15.0. The Morgan fingerprint density at radius 3 is 2.71 bits per heavy atom. The molecule has 0 aliphatic heterocycles. The van der Waals surface area contributed by atoms with Gasteiger partial charge in [0.1, 0.15) is 5.82 Å². The number of nitrogens with one attached hydrogen (secondary N) is 2. The molecule has 1 aromatic heterocycles. The minimum Gasteiger partial charge on any atom is -0.366 e. The van der Waals surface area contributed by atoms with Gasteiger partial charge in [0.2, 0.25) is 5.95 Å². The van der Waals surface area contributed by atoms with Crippen molar-refractivity contribution in [3.05, 3.63) is 48.1 Å². The first-order chi connectivity index (χ1) is 10.1. The smallest absolute Gasteiger partial charge is 0.225 e. The van der Waals surface area contributed by atoms with E-state index in [4.69, 9.17) is 0 Å². The van der Waals surface area contributed by atoms with Crippen molar-refractivity contribution >= 4 is 22.7 Å². The Kier molecular flexibility index (Phi) is 4.93. The Bertz CT molecular complexity index is 670. The average molecular weight is 282 g/mol. The zero-order valence-electron chi connectivity index (χ0n) is 12.9. The van der Waals surface area contributed by atoms with Crippen LogP contribution >= 0.6 is 0 Å². The number of anilines is 2. The molecule has 0 saturated heterocycles. The van der Waals surface area contributed by atoms with Crippen molar-refractivity contribution < 1.29 is 0 Å². The number of fused-ring (bicyclic) bond motifs is 1. The second-order valence-electron chi connectivity index (χ2n) is 5.25. The first-order valence-corrected chi connectivity index (χ1v) is 7.10. The van der Waals surface area contributed by atoms with E-state index in [0.717, 1.165) is 23.3 Å². The predicted molar refractivity (Wildman–Crippen MR) is 90.9 cm³/mol. The van der Waals surface area contributed by atoms with Gasteiger partial charge in [0, 0.05) is 18.5 Å². The first-order valence-electron chi connectivity index (χ1n) is 7.10. The molecular formula is C17H22N4. The van der Waals surface area contributed by atoms with Crippen LogP contribution in [0.3, 0.4) is 0 Å². The van der Waals surface area contributed by atoms with E-state index in [1.165, 1.54) is 11.1 Å². The summed E-state index contributed by atoms with van der Waals surface area (Å²) in [6, 6.07) is 6.20. The fourth-order valence-electron chi connectivity index (χ4n) is 1.97. The van der Waals surface area contributed by atoms with Gasteiger partial charge in [0.15, 0.2) is 0 Å². The van der Waals surface area contributed by atoms with Gasteiger partial charge in [0.05, 0.1) is 5.52 Å². The molecule has 4 nitrogen and oxygen atoms in total. The summed E-state index contributed by atoms with van der Waals surface area (Å²) in [5, 5.41) is 7.56. The van der Waals surface area contributed by atoms with Crippen LogP contribution < -0.4 is 10.6 Å². The molecule has 1 aromatic carbocycles. The van der Waals surface area contributed by atoms with E-state index in [9.17, 15) is 0 Å². The number of benzene rings is 1. The molecule has 1 heterocycles. The molecule has 2 rings (SSSR count). The van der Waals surface area contributed by atoms with Crippen molar-refractivity contribution in [1.82, 2.24) is 9.97 Å². The third-order valence-electron chi connectivity index (χ3n) is 3.04. The van der Waals surface area contributed by atoms with Crippen LogP contribution in [0.2, 0.25) is 0 Å². The topological polar surface area (TPSA) is 49.8 Å². The highest BCUT2D eigenvalue weighted by Crippen LogP contribution is 2.23. The second kappa shape index (κ2) is 6.88. The van der Waals surface area contributed by atoms with E-state index in [1.54, 1.807) is 6.08 Å². The molecule has 0 aliphatic rings. The highest BCUT2D eigenvalue weighted by Gasteiger charge is 2.07. The molecule has 0 bridgehead atoms. The van der Waals surface area contributed by atoms with Gasteiger partial charge >= 0.3 is 0 Å². The summed E-state index contributed by atoms with van der Waals surface area (Å²) >= 11 is 0. The van der Waals surface area contributed by atoms with E-state index >= 15 is 0 Å². The van der Waals surface area contributed by atoms with Crippen molar-refractivity contribution in [1.29, 1.82) is 0 Å². The van der Waals surface area contributed by atoms with Crippen molar-refractivity contribution in [3.8, 4) is 0 Å². The average Bonchev–Trinajstić information content (AvgIpc) is 2.45. The van der Waals surface area contributed by atoms with Crippen molar-refractivity contribution in [2.24, 2.45) is 0 Å². The number of hydrogen-bond acceptors (Lipinski definition) is 4. The largest absolute Gasteiger partial charge is 0.366 e. The van der Waals surface area contributed by atoms with Crippen LogP contribution in [0.1, 0.15) is 19.4 Å². The number of allylic oxidation sites excluding steroid dienone is 1. The number of rotatable bonds is 6. The van der Waals surface area contributed by atoms with Crippen molar-refractivity contribution in [3.63, 3.8) is 0 Å². The molecule has 21 heavy (non-hydrogen) atoms. The summed E-state index contributed by atoms with van der Waals surface area (Å²) in [5.74, 6) is 1.47. The lowest BCUT2D eigenvalue weighted by Crippen LogP contribution is -2.08. The molecule has 0 unspecified atom stereocenters. The van der Waals surface area contributed by atoms with Crippen LogP contribution in [0, 0.1) is 6.92 Å². The molecule has 0 saturated carbocycles. The fourth-order valence-corrected chi connectivity index (χ4v) is 1.97. The molecule has 0 amide bonds. The maximum Gasteiger partial charge on any atom is 0.225 e. The SMILES string of the molecule is C=CCNc1nc(NCC=C(C)C)c2cc(C)ccc2n1. The van der Waals surface area contributed by atoms with E-state index in [2.05, 4.69) is 66.2 Å². The van der Waals surface area contributed by atoms with E-state index < -0.39 is 0 Å². The van der Waals surface area contributed by atoms with Crippen LogP contribution in [-0.4, -0.2) is 23.1 Å². The van der Waals surface area contributed by atoms with Crippen molar-refractivity contribution in [2.45, 2.75) is 20.8 Å². The summed E-state index contributed by atoms with van der Waals surface area (Å²) < 4.78 is 0. The van der Waals surface area contributed by atoms with Gasteiger partial charge < -0.3 is 10.6 Å². The van der Waals surface area contributed by atoms with Crippen LogP contribution in [-0.2, 0) is 0 Å². The third kappa shape index (κ3) is 4.05. The third-order valence-corrected chi connectivity index (χ3v) is 3.04. The lowest BCUT2D eigenvalue weighted by atomic mass is 10.1. The van der Waals surface area contributed by atoms with E-state index in [1.807, 2.05) is 6.07 Å². The van der Waals surface area contributed by atoms with Crippen LogP contribution in [0.25, 0.3) is 10.9 Å². The second-order valence-corrected chi connectivity index (χ2v) is 5.25. The summed E-state index contributed by atoms with van der Waals surface area (Å²) in [6.45, 7) is 11.3. The molecule has 0 aliphatic carbocycles. The van der Waals surface area contributed by atoms with Gasteiger partial charge in [-0.3, -0.25) is 0 Å². The molecule has 2 N–H and O–H groups in total.